The molecule has 0 bridgehead atoms. The third-order valence-electron chi connectivity index (χ3n) is 5.05. The van der Waals surface area contributed by atoms with Crippen LogP contribution in [0.15, 0.2) is 30.3 Å². The van der Waals surface area contributed by atoms with E-state index < -0.39 is 0 Å². The second-order valence-electron chi connectivity index (χ2n) is 6.83. The monoisotopic (exact) mass is 373 g/mol. The number of hydrogen-bond donors (Lipinski definition) is 2. The number of carbonyl (C=O) groups excluding carboxylic acids is 1. The smallest absolute Gasteiger partial charge is 0.220 e. The van der Waals surface area contributed by atoms with E-state index in [9.17, 15) is 4.79 Å². The van der Waals surface area contributed by atoms with E-state index in [1.54, 1.807) is 0 Å². The maximum absolute atomic E-state index is 12.2. The van der Waals surface area contributed by atoms with Crippen LogP contribution in [0.25, 0.3) is 0 Å². The normalized spacial score (nSPS) is 26.5. The van der Waals surface area contributed by atoms with Gasteiger partial charge in [-0.1, -0.05) is 36.8 Å². The van der Waals surface area contributed by atoms with Crippen molar-refractivity contribution in [2.75, 3.05) is 13.1 Å². The Morgan fingerprint density at radius 2 is 1.92 bits per heavy atom. The van der Waals surface area contributed by atoms with Crippen LogP contribution in [0.4, 0.5) is 0 Å². The molecule has 6 heteroatoms. The number of nitrogens with zero attached hydrogens (tertiary/aromatic N) is 1. The quantitative estimate of drug-likeness (QED) is 0.833. The van der Waals surface area contributed by atoms with E-state index in [1.807, 2.05) is 6.07 Å². The van der Waals surface area contributed by atoms with E-state index in [2.05, 4.69) is 34.5 Å². The third kappa shape index (κ3) is 5.92. The fourth-order valence-corrected chi connectivity index (χ4v) is 3.78. The van der Waals surface area contributed by atoms with Crippen LogP contribution < -0.4 is 11.1 Å². The van der Waals surface area contributed by atoms with Gasteiger partial charge in [0.25, 0.3) is 0 Å². The summed E-state index contributed by atoms with van der Waals surface area (Å²) in [4.78, 5) is 14.6. The number of carbonyl (C=O) groups is 1. The molecule has 1 aromatic rings. The Bertz CT molecular complexity index is 500. The Hall–Kier alpha value is -0.810. The molecular weight excluding hydrogens is 345 g/mol. The molecule has 1 saturated carbocycles. The van der Waals surface area contributed by atoms with Gasteiger partial charge in [-0.25, -0.2) is 0 Å². The lowest BCUT2D eigenvalue weighted by Crippen LogP contribution is -2.39. The van der Waals surface area contributed by atoms with Gasteiger partial charge < -0.3 is 11.1 Å². The van der Waals surface area contributed by atoms with Crippen LogP contribution in [-0.4, -0.2) is 36.0 Å². The molecule has 1 saturated heterocycles. The number of amides is 1. The molecule has 136 valence electrons. The van der Waals surface area contributed by atoms with Crippen LogP contribution in [0.2, 0.25) is 0 Å². The van der Waals surface area contributed by atoms with E-state index in [0.717, 1.165) is 38.9 Å². The van der Waals surface area contributed by atoms with Crippen LogP contribution in [0.1, 0.15) is 37.7 Å². The summed E-state index contributed by atoms with van der Waals surface area (Å²) in [5.74, 6) is 0.579. The fraction of sp³-hybridized carbons (Fsp3) is 0.611. The van der Waals surface area contributed by atoms with Crippen LogP contribution in [0.5, 0.6) is 0 Å². The zero-order chi connectivity index (χ0) is 15.4. The Morgan fingerprint density at radius 3 is 2.58 bits per heavy atom. The van der Waals surface area contributed by atoms with Gasteiger partial charge >= 0.3 is 0 Å². The number of nitrogens with two attached hydrogens (primary N) is 1. The highest BCUT2D eigenvalue weighted by molar-refractivity contribution is 5.85. The summed E-state index contributed by atoms with van der Waals surface area (Å²) >= 11 is 0. The van der Waals surface area contributed by atoms with Gasteiger partial charge in [0, 0.05) is 38.1 Å². The van der Waals surface area contributed by atoms with Crippen molar-refractivity contribution in [2.45, 2.75) is 50.7 Å². The van der Waals surface area contributed by atoms with Gasteiger partial charge in [-0.05, 0) is 30.7 Å². The number of hydrogen-bond acceptors (Lipinski definition) is 3. The van der Waals surface area contributed by atoms with E-state index in [4.69, 9.17) is 5.73 Å². The van der Waals surface area contributed by atoms with Gasteiger partial charge in [-0.2, -0.15) is 0 Å². The maximum atomic E-state index is 12.2. The molecule has 3 atom stereocenters. The lowest BCUT2D eigenvalue weighted by Gasteiger charge is -2.19. The second kappa shape index (κ2) is 10.2. The number of benzene rings is 1. The SMILES string of the molecule is Cl.Cl.N[C@@H]1CCC[C@H]1CC(=O)NC1CCN(Cc2ccccc2)C1. The standard InChI is InChI=1S/C18H27N3O.2ClH/c19-17-8-4-7-15(17)11-18(22)20-16-9-10-21(13-16)12-14-5-2-1-3-6-14;;/h1-3,5-6,15-17H,4,7-13,19H2,(H,20,22);2*1H/t15-,16?,17+;;/m0../s1. The maximum Gasteiger partial charge on any atom is 0.220 e. The molecule has 2 fully saturated rings. The first-order chi connectivity index (χ1) is 10.7. The highest BCUT2D eigenvalue weighted by atomic mass is 35.5. The summed E-state index contributed by atoms with van der Waals surface area (Å²) in [5.41, 5.74) is 7.39. The molecule has 1 unspecified atom stereocenters. The highest BCUT2D eigenvalue weighted by Gasteiger charge is 2.28. The summed E-state index contributed by atoms with van der Waals surface area (Å²) in [6.07, 6.45) is 5.02. The number of rotatable bonds is 5. The van der Waals surface area contributed by atoms with Gasteiger partial charge in [0.15, 0.2) is 0 Å². The Balaban J connectivity index is 0.00000144. The summed E-state index contributed by atoms with van der Waals surface area (Å²) in [6, 6.07) is 11.0. The minimum absolute atomic E-state index is 0. The average molecular weight is 374 g/mol. The molecule has 1 heterocycles. The van der Waals surface area contributed by atoms with Crippen LogP contribution in [0.3, 0.4) is 0 Å². The number of halogens is 2. The molecule has 0 aromatic heterocycles. The van der Waals surface area contributed by atoms with Crippen molar-refractivity contribution in [3.8, 4) is 0 Å². The Kier molecular flexibility index (Phi) is 9.06. The molecule has 24 heavy (non-hydrogen) atoms. The topological polar surface area (TPSA) is 58.4 Å². The molecule has 1 amide bonds. The molecule has 2 aliphatic rings. The van der Waals surface area contributed by atoms with Gasteiger partial charge in [-0.15, -0.1) is 24.8 Å². The molecule has 1 aromatic carbocycles. The summed E-state index contributed by atoms with van der Waals surface area (Å²) in [6.45, 7) is 2.99. The first kappa shape index (κ1) is 21.2. The predicted molar refractivity (Wildman–Crippen MR) is 103 cm³/mol. The predicted octanol–water partition coefficient (Wildman–Crippen LogP) is 2.74. The van der Waals surface area contributed by atoms with Crippen LogP contribution in [0, 0.1) is 5.92 Å². The van der Waals surface area contributed by atoms with Crippen molar-refractivity contribution < 1.29 is 4.79 Å². The van der Waals surface area contributed by atoms with Gasteiger partial charge in [0.2, 0.25) is 5.91 Å². The first-order valence-corrected chi connectivity index (χ1v) is 8.52. The van der Waals surface area contributed by atoms with Crippen LogP contribution >= 0.6 is 24.8 Å². The molecular formula is C18H29Cl2N3O. The van der Waals surface area contributed by atoms with Gasteiger partial charge in [0.05, 0.1) is 0 Å². The molecule has 3 N–H and O–H groups in total. The third-order valence-corrected chi connectivity index (χ3v) is 5.05. The summed E-state index contributed by atoms with van der Waals surface area (Å²) in [5, 5.41) is 3.21. The molecule has 4 nitrogen and oxygen atoms in total. The molecule has 0 radical (unpaired) electrons. The van der Waals surface area contributed by atoms with E-state index >= 15 is 0 Å². The van der Waals surface area contributed by atoms with E-state index in [1.165, 1.54) is 12.0 Å². The number of nitrogens with one attached hydrogen (secondary N) is 1. The van der Waals surface area contributed by atoms with Crippen molar-refractivity contribution >= 4 is 30.7 Å². The molecule has 0 spiro atoms. The molecule has 3 rings (SSSR count). The van der Waals surface area contributed by atoms with Gasteiger partial charge in [0.1, 0.15) is 0 Å². The van der Waals surface area contributed by atoms with Crippen LogP contribution in [-0.2, 0) is 11.3 Å². The molecule has 1 aliphatic heterocycles. The fourth-order valence-electron chi connectivity index (χ4n) is 3.78. The van der Waals surface area contributed by atoms with Crippen molar-refractivity contribution in [2.24, 2.45) is 11.7 Å². The summed E-state index contributed by atoms with van der Waals surface area (Å²) in [7, 11) is 0. The van der Waals surface area contributed by atoms with Crippen molar-refractivity contribution in [1.29, 1.82) is 0 Å². The van der Waals surface area contributed by atoms with Crippen molar-refractivity contribution in [1.82, 2.24) is 10.2 Å². The lowest BCUT2D eigenvalue weighted by molar-refractivity contribution is -0.122. The number of likely N-dealkylation sites (tertiary alicyclic amines) is 1. The lowest BCUT2D eigenvalue weighted by atomic mass is 9.99. The Morgan fingerprint density at radius 1 is 1.17 bits per heavy atom. The Labute approximate surface area is 157 Å². The van der Waals surface area contributed by atoms with Crippen molar-refractivity contribution in [3.63, 3.8) is 0 Å². The van der Waals surface area contributed by atoms with Gasteiger partial charge in [-0.3, -0.25) is 9.69 Å². The minimum atomic E-state index is 0. The largest absolute Gasteiger partial charge is 0.352 e. The average Bonchev–Trinajstić information content (AvgIpc) is 3.10. The minimum Gasteiger partial charge on any atom is -0.352 e. The van der Waals surface area contributed by atoms with Crippen molar-refractivity contribution in [3.05, 3.63) is 35.9 Å². The second-order valence-corrected chi connectivity index (χ2v) is 6.83. The first-order valence-electron chi connectivity index (χ1n) is 8.52. The van der Waals surface area contributed by atoms with E-state index in [0.29, 0.717) is 18.4 Å². The zero-order valence-corrected chi connectivity index (χ0v) is 15.7. The highest BCUT2D eigenvalue weighted by Crippen LogP contribution is 2.26. The summed E-state index contributed by atoms with van der Waals surface area (Å²) < 4.78 is 0. The zero-order valence-electron chi connectivity index (χ0n) is 14.0. The van der Waals surface area contributed by atoms with E-state index in [-0.39, 0.29) is 36.8 Å². The molecule has 1 aliphatic carbocycles.